The summed E-state index contributed by atoms with van der Waals surface area (Å²) in [6.45, 7) is 4.82. The van der Waals surface area contributed by atoms with Crippen molar-refractivity contribution in [3.63, 3.8) is 0 Å². The summed E-state index contributed by atoms with van der Waals surface area (Å²) in [5.74, 6) is -4.37. The molecule has 5 amide bonds. The van der Waals surface area contributed by atoms with Crippen LogP contribution in [0.25, 0.3) is 0 Å². The van der Waals surface area contributed by atoms with Crippen molar-refractivity contribution in [3.8, 4) is 5.75 Å². The third-order valence-corrected chi connectivity index (χ3v) is 5.34. The molecule has 14 nitrogen and oxygen atoms in total. The summed E-state index contributed by atoms with van der Waals surface area (Å²) in [5, 5.41) is 18.3. The molecule has 0 spiro atoms. The third kappa shape index (κ3) is 9.05. The first-order valence-electron chi connectivity index (χ1n) is 11.0. The molecular weight excluding hydrogens is 496 g/mol. The van der Waals surface area contributed by atoms with E-state index in [0.29, 0.717) is 6.42 Å². The van der Waals surface area contributed by atoms with Crippen LogP contribution in [0.2, 0.25) is 0 Å². The zero-order valence-corrected chi connectivity index (χ0v) is 20.9. The summed E-state index contributed by atoms with van der Waals surface area (Å²) in [5.41, 5.74) is 4.68. The van der Waals surface area contributed by atoms with E-state index < -0.39 is 65.4 Å². The van der Waals surface area contributed by atoms with Gasteiger partial charge in [-0.25, -0.2) is 0 Å². The molecular formula is C21H30N6O8S. The number of ether oxygens (including phenoxy) is 1. The van der Waals surface area contributed by atoms with E-state index in [9.17, 15) is 34.1 Å². The number of benzene rings is 1. The number of carbonyl (C=O) groups is 5. The summed E-state index contributed by atoms with van der Waals surface area (Å²) in [6.07, 6.45) is -0.138. The SMILES string of the molecule is CCOc1ccc([N+](=O)[O-])cc1C(=O)NC(C(=O)NC(CC(N)=O)C(=O)NCC(=O)NS)C(C)CC. The van der Waals surface area contributed by atoms with Gasteiger partial charge in [0.15, 0.2) is 0 Å². The fourth-order valence-corrected chi connectivity index (χ4v) is 3.09. The van der Waals surface area contributed by atoms with Crippen molar-refractivity contribution in [2.75, 3.05) is 13.2 Å². The van der Waals surface area contributed by atoms with Crippen molar-refractivity contribution in [2.24, 2.45) is 11.7 Å². The van der Waals surface area contributed by atoms with Crippen LogP contribution < -0.4 is 31.1 Å². The first kappa shape index (κ1) is 30.2. The lowest BCUT2D eigenvalue weighted by atomic mass is 9.97. The van der Waals surface area contributed by atoms with E-state index in [0.717, 1.165) is 6.07 Å². The summed E-state index contributed by atoms with van der Waals surface area (Å²) < 4.78 is 7.40. The van der Waals surface area contributed by atoms with E-state index in [1.807, 2.05) is 4.72 Å². The number of thiol groups is 1. The molecule has 15 heteroatoms. The predicted octanol–water partition coefficient (Wildman–Crippen LogP) is -0.425. The second-order valence-corrected chi connectivity index (χ2v) is 7.92. The van der Waals surface area contributed by atoms with Gasteiger partial charge in [-0.1, -0.05) is 33.1 Å². The Labute approximate surface area is 212 Å². The van der Waals surface area contributed by atoms with E-state index in [-0.39, 0.29) is 23.6 Å². The molecule has 198 valence electrons. The molecule has 0 bridgehead atoms. The Morgan fingerprint density at radius 1 is 1.14 bits per heavy atom. The van der Waals surface area contributed by atoms with Gasteiger partial charge in [0, 0.05) is 12.1 Å². The molecule has 1 rings (SSSR count). The number of nitrogens with zero attached hydrogens (tertiary/aromatic N) is 1. The summed E-state index contributed by atoms with van der Waals surface area (Å²) in [4.78, 5) is 71.9. The average Bonchev–Trinajstić information content (AvgIpc) is 2.84. The number of nitrogens with two attached hydrogens (primary N) is 1. The first-order chi connectivity index (χ1) is 16.9. The van der Waals surface area contributed by atoms with Gasteiger partial charge >= 0.3 is 0 Å². The lowest BCUT2D eigenvalue weighted by Gasteiger charge is -2.26. The van der Waals surface area contributed by atoms with Crippen LogP contribution in [0.4, 0.5) is 5.69 Å². The predicted molar refractivity (Wildman–Crippen MR) is 131 cm³/mol. The molecule has 0 aliphatic rings. The zero-order valence-electron chi connectivity index (χ0n) is 20.0. The van der Waals surface area contributed by atoms with Crippen molar-refractivity contribution >= 4 is 48.0 Å². The standard InChI is InChI=1S/C21H30N6O8S/c1-4-11(3)18(21(32)24-14(9-16(22)28)20(31)23-10-17(29)26-36)25-19(30)13-8-12(27(33)34)6-7-15(13)35-5-2/h6-8,11,14,18,36H,4-5,9-10H2,1-3H3,(H2,22,28)(H,23,31)(H,24,32)(H,25,30)(H,26,29). The van der Waals surface area contributed by atoms with Crippen LogP contribution in [0.1, 0.15) is 44.0 Å². The number of carbonyl (C=O) groups excluding carboxylic acids is 5. The van der Waals surface area contributed by atoms with Gasteiger partial charge in [0.05, 0.1) is 30.1 Å². The molecule has 6 N–H and O–H groups in total. The highest BCUT2D eigenvalue weighted by Gasteiger charge is 2.32. The number of nitro groups is 1. The van der Waals surface area contributed by atoms with Gasteiger partial charge in [0.2, 0.25) is 23.6 Å². The number of non-ortho nitro benzene ring substituents is 1. The van der Waals surface area contributed by atoms with Gasteiger partial charge in [-0.15, -0.1) is 0 Å². The molecule has 0 fully saturated rings. The second kappa shape index (κ2) is 14.5. The van der Waals surface area contributed by atoms with Crippen molar-refractivity contribution in [2.45, 2.75) is 45.7 Å². The largest absolute Gasteiger partial charge is 0.493 e. The second-order valence-electron chi connectivity index (χ2n) is 7.69. The molecule has 0 saturated carbocycles. The number of nitrogens with one attached hydrogen (secondary N) is 4. The van der Waals surface area contributed by atoms with Crippen molar-refractivity contribution in [1.29, 1.82) is 0 Å². The Morgan fingerprint density at radius 3 is 2.33 bits per heavy atom. The van der Waals surface area contributed by atoms with E-state index >= 15 is 0 Å². The molecule has 1 aromatic carbocycles. The van der Waals surface area contributed by atoms with Gasteiger partial charge in [-0.3, -0.25) is 34.1 Å². The van der Waals surface area contributed by atoms with Gasteiger partial charge in [-0.05, 0) is 18.9 Å². The van der Waals surface area contributed by atoms with Gasteiger partial charge in [0.25, 0.3) is 11.6 Å². The van der Waals surface area contributed by atoms with Crippen LogP contribution >= 0.6 is 12.8 Å². The van der Waals surface area contributed by atoms with Crippen LogP contribution in [0.5, 0.6) is 5.75 Å². The number of nitro benzene ring substituents is 1. The number of primary amides is 1. The topological polar surface area (TPSA) is 212 Å². The van der Waals surface area contributed by atoms with Crippen LogP contribution in [0.3, 0.4) is 0 Å². The van der Waals surface area contributed by atoms with Crippen molar-refractivity contribution < 1.29 is 33.6 Å². The van der Waals surface area contributed by atoms with Gasteiger partial charge in [-0.2, -0.15) is 0 Å². The minimum Gasteiger partial charge on any atom is -0.493 e. The van der Waals surface area contributed by atoms with E-state index in [1.165, 1.54) is 12.1 Å². The molecule has 0 aliphatic carbocycles. The zero-order chi connectivity index (χ0) is 27.4. The molecule has 1 aromatic rings. The molecule has 0 aromatic heterocycles. The fourth-order valence-electron chi connectivity index (χ4n) is 3.01. The summed E-state index contributed by atoms with van der Waals surface area (Å²) in [6, 6.07) is 0.870. The number of rotatable bonds is 14. The molecule has 0 heterocycles. The molecule has 0 saturated heterocycles. The van der Waals surface area contributed by atoms with Gasteiger partial charge in [0.1, 0.15) is 17.8 Å². The average molecular weight is 527 g/mol. The lowest BCUT2D eigenvalue weighted by molar-refractivity contribution is -0.384. The molecule has 3 unspecified atom stereocenters. The Balaban J connectivity index is 3.19. The van der Waals surface area contributed by atoms with Crippen LogP contribution in [0.15, 0.2) is 18.2 Å². The third-order valence-electron chi connectivity index (χ3n) is 5.09. The van der Waals surface area contributed by atoms with Gasteiger partial charge < -0.3 is 31.1 Å². The smallest absolute Gasteiger partial charge is 0.270 e. The number of hydrogen-bond donors (Lipinski definition) is 6. The first-order valence-corrected chi connectivity index (χ1v) is 11.4. The monoisotopic (exact) mass is 526 g/mol. The summed E-state index contributed by atoms with van der Waals surface area (Å²) >= 11 is 3.56. The van der Waals surface area contributed by atoms with E-state index in [1.54, 1.807) is 20.8 Å². The minimum absolute atomic E-state index is 0.0809. The van der Waals surface area contributed by atoms with Crippen LogP contribution in [0, 0.1) is 16.0 Å². The molecule has 0 radical (unpaired) electrons. The van der Waals surface area contributed by atoms with E-state index in [4.69, 9.17) is 10.5 Å². The van der Waals surface area contributed by atoms with Crippen molar-refractivity contribution in [3.05, 3.63) is 33.9 Å². The fraction of sp³-hybridized carbons (Fsp3) is 0.476. The normalized spacial score (nSPS) is 12.9. The highest BCUT2D eigenvalue weighted by molar-refractivity contribution is 7.78. The molecule has 0 aliphatic heterocycles. The minimum atomic E-state index is -1.43. The maximum absolute atomic E-state index is 13.1. The number of hydrogen-bond acceptors (Lipinski definition) is 9. The van der Waals surface area contributed by atoms with E-state index in [2.05, 4.69) is 28.8 Å². The molecule has 36 heavy (non-hydrogen) atoms. The summed E-state index contributed by atoms with van der Waals surface area (Å²) in [7, 11) is 0. The highest BCUT2D eigenvalue weighted by atomic mass is 32.1. The Bertz CT molecular complexity index is 1000. The van der Waals surface area contributed by atoms with Crippen LogP contribution in [-0.2, 0) is 19.2 Å². The Kier molecular flexibility index (Phi) is 12.1. The van der Waals surface area contributed by atoms with Crippen LogP contribution in [-0.4, -0.2) is 59.7 Å². The maximum atomic E-state index is 13.1. The Morgan fingerprint density at radius 2 is 1.81 bits per heavy atom. The quantitative estimate of drug-likeness (QED) is 0.106. The molecule has 3 atom stereocenters. The highest BCUT2D eigenvalue weighted by Crippen LogP contribution is 2.25. The van der Waals surface area contributed by atoms with Crippen molar-refractivity contribution in [1.82, 2.24) is 20.7 Å². The Hall–Kier alpha value is -3.88. The maximum Gasteiger partial charge on any atom is 0.270 e. The lowest BCUT2D eigenvalue weighted by Crippen LogP contribution is -2.56. The number of amides is 5.